The number of nitrogens with zero attached hydrogens (tertiary/aromatic N) is 3. The van der Waals surface area contributed by atoms with Crippen molar-refractivity contribution in [2.24, 2.45) is 11.8 Å². The maximum atomic E-state index is 13.5. The number of halogens is 1. The van der Waals surface area contributed by atoms with E-state index in [1.807, 2.05) is 6.92 Å². The van der Waals surface area contributed by atoms with E-state index in [0.29, 0.717) is 24.2 Å². The lowest BCUT2D eigenvalue weighted by atomic mass is 9.99. The Morgan fingerprint density at radius 2 is 2.06 bits per heavy atom. The number of hydrogen-bond acceptors (Lipinski definition) is 5. The number of pyridine rings is 1. The predicted molar refractivity (Wildman–Crippen MR) is 128 cm³/mol. The van der Waals surface area contributed by atoms with Gasteiger partial charge in [0.15, 0.2) is 0 Å². The maximum Gasteiger partial charge on any atom is 0.259 e. The monoisotopic (exact) mass is 479 g/mol. The van der Waals surface area contributed by atoms with Gasteiger partial charge < -0.3 is 19.6 Å². The van der Waals surface area contributed by atoms with Crippen LogP contribution in [-0.4, -0.2) is 70.6 Å². The van der Waals surface area contributed by atoms with E-state index in [1.165, 1.54) is 18.3 Å². The van der Waals surface area contributed by atoms with Crippen LogP contribution in [0, 0.1) is 29.5 Å². The van der Waals surface area contributed by atoms with Crippen LogP contribution in [0.4, 0.5) is 4.39 Å². The van der Waals surface area contributed by atoms with Crippen LogP contribution in [0.3, 0.4) is 0 Å². The smallest absolute Gasteiger partial charge is 0.259 e. The highest BCUT2D eigenvalue weighted by Gasteiger charge is 2.37. The number of carbonyl (C=O) groups excluding carboxylic acids is 2. The Morgan fingerprint density at radius 1 is 1.31 bits per heavy atom. The minimum atomic E-state index is -0.413. The van der Waals surface area contributed by atoms with Gasteiger partial charge in [0.2, 0.25) is 11.8 Å². The minimum absolute atomic E-state index is 0.0981. The Morgan fingerprint density at radius 3 is 2.74 bits per heavy atom. The van der Waals surface area contributed by atoms with Gasteiger partial charge in [0.1, 0.15) is 17.5 Å². The van der Waals surface area contributed by atoms with E-state index in [2.05, 4.69) is 16.8 Å². The molecular weight excluding hydrogens is 449 g/mol. The summed E-state index contributed by atoms with van der Waals surface area (Å²) >= 11 is 0. The second-order valence-corrected chi connectivity index (χ2v) is 9.45. The van der Waals surface area contributed by atoms with Crippen molar-refractivity contribution in [3.8, 4) is 17.7 Å². The van der Waals surface area contributed by atoms with Crippen molar-refractivity contribution in [2.75, 3.05) is 26.7 Å². The topological polar surface area (TPSA) is 83.0 Å². The number of benzene rings is 1. The first-order valence-corrected chi connectivity index (χ1v) is 11.9. The largest absolute Gasteiger partial charge is 0.472 e. The van der Waals surface area contributed by atoms with Crippen molar-refractivity contribution in [3.05, 3.63) is 59.0 Å². The van der Waals surface area contributed by atoms with E-state index < -0.39 is 6.04 Å². The Hall–Kier alpha value is -3.44. The first-order chi connectivity index (χ1) is 16.8. The fourth-order valence-corrected chi connectivity index (χ4v) is 4.10. The SMILES string of the molecule is C[C@H](CO)N1C[C@H](C)[C@H](CN(C)C(=O)C2CC2)Oc2ncc(C#Cc3cccc(F)c3)cc2C1=O. The number of ether oxygens (including phenoxy) is 1. The van der Waals surface area contributed by atoms with Gasteiger partial charge in [-0.3, -0.25) is 9.59 Å². The first-order valence-electron chi connectivity index (χ1n) is 11.9. The van der Waals surface area contributed by atoms with Gasteiger partial charge in [-0.05, 0) is 44.0 Å². The molecule has 1 aliphatic heterocycles. The molecule has 0 unspecified atom stereocenters. The fraction of sp³-hybridized carbons (Fsp3) is 0.444. The standard InChI is InChI=1S/C27H30FN3O4/c1-17-14-31(18(2)16-32)27(34)23-12-20(8-7-19-5-4-6-22(28)11-19)13-29-25(23)35-24(17)15-30(3)26(33)21-9-10-21/h4-6,11-13,17-18,21,24,32H,9-10,14-16H2,1-3H3/t17-,18+,24-/m0/s1. The molecule has 2 aromatic rings. The summed E-state index contributed by atoms with van der Waals surface area (Å²) in [7, 11) is 1.77. The molecule has 1 aromatic carbocycles. The van der Waals surface area contributed by atoms with Crippen LogP contribution in [0.1, 0.15) is 48.2 Å². The highest BCUT2D eigenvalue weighted by atomic mass is 19.1. The number of amides is 2. The number of hydrogen-bond donors (Lipinski definition) is 1. The van der Waals surface area contributed by atoms with Crippen LogP contribution in [0.25, 0.3) is 0 Å². The van der Waals surface area contributed by atoms with Crippen molar-refractivity contribution in [1.82, 2.24) is 14.8 Å². The van der Waals surface area contributed by atoms with Gasteiger partial charge in [-0.25, -0.2) is 9.37 Å². The summed E-state index contributed by atoms with van der Waals surface area (Å²) in [5.74, 6) is 5.40. The number of aliphatic hydroxyl groups is 1. The number of likely N-dealkylation sites (N-methyl/N-ethyl adjacent to an activating group) is 1. The maximum absolute atomic E-state index is 13.5. The van der Waals surface area contributed by atoms with Crippen LogP contribution in [0.2, 0.25) is 0 Å². The van der Waals surface area contributed by atoms with Crippen molar-refractivity contribution in [1.29, 1.82) is 0 Å². The van der Waals surface area contributed by atoms with E-state index >= 15 is 0 Å². The lowest BCUT2D eigenvalue weighted by Crippen LogP contribution is -2.50. The molecule has 1 fully saturated rings. The zero-order valence-corrected chi connectivity index (χ0v) is 20.2. The number of aliphatic hydroxyl groups excluding tert-OH is 1. The van der Waals surface area contributed by atoms with Gasteiger partial charge in [0.05, 0.1) is 19.2 Å². The molecule has 35 heavy (non-hydrogen) atoms. The van der Waals surface area contributed by atoms with Crippen LogP contribution >= 0.6 is 0 Å². The number of rotatable bonds is 5. The molecule has 2 heterocycles. The van der Waals surface area contributed by atoms with E-state index in [9.17, 15) is 19.1 Å². The van der Waals surface area contributed by atoms with Crippen LogP contribution in [-0.2, 0) is 4.79 Å². The van der Waals surface area contributed by atoms with Crippen molar-refractivity contribution in [2.45, 2.75) is 38.8 Å². The Labute approximate surface area is 204 Å². The third kappa shape index (κ3) is 5.80. The molecule has 0 spiro atoms. The zero-order chi connectivity index (χ0) is 25.1. The molecule has 0 radical (unpaired) electrons. The normalized spacial score (nSPS) is 20.5. The van der Waals surface area contributed by atoms with E-state index in [1.54, 1.807) is 42.0 Å². The number of fused-ring (bicyclic) bond motifs is 1. The van der Waals surface area contributed by atoms with Gasteiger partial charge in [0.25, 0.3) is 5.91 Å². The van der Waals surface area contributed by atoms with Gasteiger partial charge in [-0.1, -0.05) is 24.8 Å². The molecule has 1 saturated carbocycles. The molecule has 184 valence electrons. The Bertz CT molecular complexity index is 1170. The van der Waals surface area contributed by atoms with Gasteiger partial charge in [0, 0.05) is 42.8 Å². The highest BCUT2D eigenvalue weighted by Crippen LogP contribution is 2.32. The first kappa shape index (κ1) is 24.7. The molecule has 1 aromatic heterocycles. The average Bonchev–Trinajstić information content (AvgIpc) is 3.69. The third-order valence-electron chi connectivity index (χ3n) is 6.45. The Kier molecular flexibility index (Phi) is 7.37. The molecule has 2 aliphatic rings. The second kappa shape index (κ2) is 10.4. The molecular formula is C27H30FN3O4. The molecule has 0 saturated heterocycles. The number of carbonyl (C=O) groups is 2. The molecule has 7 nitrogen and oxygen atoms in total. The lowest BCUT2D eigenvalue weighted by Gasteiger charge is -2.37. The summed E-state index contributed by atoms with van der Waals surface area (Å²) in [5.41, 5.74) is 1.23. The lowest BCUT2D eigenvalue weighted by molar-refractivity contribution is -0.132. The zero-order valence-electron chi connectivity index (χ0n) is 20.2. The quantitative estimate of drug-likeness (QED) is 0.667. The van der Waals surface area contributed by atoms with Crippen molar-refractivity contribution >= 4 is 11.8 Å². The summed E-state index contributed by atoms with van der Waals surface area (Å²) < 4.78 is 19.7. The van der Waals surface area contributed by atoms with E-state index in [0.717, 1.165) is 12.8 Å². The molecule has 8 heteroatoms. The molecule has 4 rings (SSSR count). The van der Waals surface area contributed by atoms with Gasteiger partial charge in [-0.15, -0.1) is 0 Å². The second-order valence-electron chi connectivity index (χ2n) is 9.45. The third-order valence-corrected chi connectivity index (χ3v) is 6.45. The van der Waals surface area contributed by atoms with E-state index in [-0.39, 0.29) is 53.6 Å². The Balaban J connectivity index is 1.66. The van der Waals surface area contributed by atoms with Gasteiger partial charge in [-0.2, -0.15) is 0 Å². The minimum Gasteiger partial charge on any atom is -0.472 e. The summed E-state index contributed by atoms with van der Waals surface area (Å²) in [4.78, 5) is 33.7. The van der Waals surface area contributed by atoms with Crippen LogP contribution < -0.4 is 4.74 Å². The molecule has 1 aliphatic carbocycles. The molecule has 0 bridgehead atoms. The highest BCUT2D eigenvalue weighted by molar-refractivity contribution is 5.97. The van der Waals surface area contributed by atoms with Crippen LogP contribution in [0.15, 0.2) is 36.5 Å². The van der Waals surface area contributed by atoms with Crippen LogP contribution in [0.5, 0.6) is 5.88 Å². The fourth-order valence-electron chi connectivity index (χ4n) is 4.10. The predicted octanol–water partition coefficient (Wildman–Crippen LogP) is 2.71. The van der Waals surface area contributed by atoms with Crippen molar-refractivity contribution < 1.29 is 23.8 Å². The average molecular weight is 480 g/mol. The molecule has 3 atom stereocenters. The van der Waals surface area contributed by atoms with Crippen molar-refractivity contribution in [3.63, 3.8) is 0 Å². The summed E-state index contributed by atoms with van der Waals surface area (Å²) in [6.07, 6.45) is 2.97. The van der Waals surface area contributed by atoms with Gasteiger partial charge >= 0.3 is 0 Å². The number of aromatic nitrogens is 1. The summed E-state index contributed by atoms with van der Waals surface area (Å²) in [6, 6.07) is 7.15. The molecule has 1 N–H and O–H groups in total. The summed E-state index contributed by atoms with van der Waals surface area (Å²) in [5, 5.41) is 9.79. The van der Waals surface area contributed by atoms with E-state index in [4.69, 9.17) is 4.74 Å². The molecule has 2 amide bonds. The summed E-state index contributed by atoms with van der Waals surface area (Å²) in [6.45, 7) is 4.29.